The maximum atomic E-state index is 5.59. The van der Waals surface area contributed by atoms with Gasteiger partial charge in [-0.1, -0.05) is 42.1 Å². The third-order valence-corrected chi connectivity index (χ3v) is 2.96. The molecule has 15 heavy (non-hydrogen) atoms. The van der Waals surface area contributed by atoms with Gasteiger partial charge in [-0.2, -0.15) is 0 Å². The van der Waals surface area contributed by atoms with Crippen LogP contribution in [-0.2, 0) is 6.42 Å². The first kappa shape index (κ1) is 10.0. The Morgan fingerprint density at radius 3 is 2.73 bits per heavy atom. The summed E-state index contributed by atoms with van der Waals surface area (Å²) in [5.41, 5.74) is 1.33. The molecule has 78 valence electrons. The summed E-state index contributed by atoms with van der Waals surface area (Å²) in [5.74, 6) is 6.55. The van der Waals surface area contributed by atoms with Gasteiger partial charge in [-0.15, -0.1) is 10.2 Å². The van der Waals surface area contributed by atoms with Crippen molar-refractivity contribution >= 4 is 11.8 Å². The highest BCUT2D eigenvalue weighted by Gasteiger charge is 2.01. The number of nitrogens with two attached hydrogens (primary N) is 1. The van der Waals surface area contributed by atoms with Crippen LogP contribution in [0, 0.1) is 0 Å². The van der Waals surface area contributed by atoms with Crippen LogP contribution in [0.2, 0.25) is 0 Å². The molecule has 2 aromatic rings. The Bertz CT molecular complexity index is 412. The van der Waals surface area contributed by atoms with Gasteiger partial charge < -0.3 is 5.84 Å². The number of thioether (sulfide) groups is 1. The Kier molecular flexibility index (Phi) is 3.24. The quantitative estimate of drug-likeness (QED) is 0.624. The summed E-state index contributed by atoms with van der Waals surface area (Å²) in [5, 5.41) is 8.37. The monoisotopic (exact) mass is 220 g/mol. The summed E-state index contributed by atoms with van der Waals surface area (Å²) in [4.78, 5) is 0. The molecule has 0 bridgehead atoms. The SMILES string of the molecule is Nn1cnnc1SCCc1ccccc1. The molecule has 0 atom stereocenters. The summed E-state index contributed by atoms with van der Waals surface area (Å²) in [7, 11) is 0. The van der Waals surface area contributed by atoms with Gasteiger partial charge in [0.25, 0.3) is 0 Å². The average Bonchev–Trinajstić information content (AvgIpc) is 2.66. The predicted octanol–water partition coefficient (Wildman–Crippen LogP) is 1.33. The summed E-state index contributed by atoms with van der Waals surface area (Å²) in [6.45, 7) is 0. The van der Waals surface area contributed by atoms with Gasteiger partial charge in [0.1, 0.15) is 6.33 Å². The van der Waals surface area contributed by atoms with Crippen LogP contribution in [-0.4, -0.2) is 20.6 Å². The molecule has 0 aliphatic heterocycles. The highest BCUT2D eigenvalue weighted by molar-refractivity contribution is 7.99. The first-order valence-corrected chi connectivity index (χ1v) is 5.66. The molecule has 0 saturated heterocycles. The second-order valence-electron chi connectivity index (χ2n) is 3.10. The number of rotatable bonds is 4. The van der Waals surface area contributed by atoms with Crippen LogP contribution in [0.5, 0.6) is 0 Å². The molecule has 1 aromatic carbocycles. The number of aromatic nitrogens is 3. The van der Waals surface area contributed by atoms with E-state index in [4.69, 9.17) is 5.84 Å². The van der Waals surface area contributed by atoms with Crippen molar-refractivity contribution in [2.45, 2.75) is 11.6 Å². The lowest BCUT2D eigenvalue weighted by Crippen LogP contribution is -2.08. The lowest BCUT2D eigenvalue weighted by Gasteiger charge is -2.00. The minimum Gasteiger partial charge on any atom is -0.336 e. The average molecular weight is 220 g/mol. The normalized spacial score (nSPS) is 10.4. The third kappa shape index (κ3) is 2.73. The maximum Gasteiger partial charge on any atom is 0.209 e. The fourth-order valence-corrected chi connectivity index (χ4v) is 2.06. The molecule has 0 amide bonds. The Morgan fingerprint density at radius 2 is 2.07 bits per heavy atom. The second kappa shape index (κ2) is 4.84. The van der Waals surface area contributed by atoms with Crippen LogP contribution < -0.4 is 5.84 Å². The summed E-state index contributed by atoms with van der Waals surface area (Å²) in [6.07, 6.45) is 2.52. The van der Waals surface area contributed by atoms with Crippen LogP contribution in [0.25, 0.3) is 0 Å². The highest BCUT2D eigenvalue weighted by atomic mass is 32.2. The van der Waals surface area contributed by atoms with E-state index in [0.29, 0.717) is 0 Å². The van der Waals surface area contributed by atoms with Crippen LogP contribution in [0.4, 0.5) is 0 Å². The zero-order valence-electron chi connectivity index (χ0n) is 8.21. The first-order chi connectivity index (χ1) is 7.36. The Morgan fingerprint density at radius 1 is 1.27 bits per heavy atom. The number of hydrogen-bond acceptors (Lipinski definition) is 4. The molecule has 0 fully saturated rings. The molecule has 4 nitrogen and oxygen atoms in total. The maximum absolute atomic E-state index is 5.59. The van der Waals surface area contributed by atoms with Crippen LogP contribution in [0.1, 0.15) is 5.56 Å². The van der Waals surface area contributed by atoms with Gasteiger partial charge >= 0.3 is 0 Å². The van der Waals surface area contributed by atoms with E-state index in [1.165, 1.54) is 16.6 Å². The van der Waals surface area contributed by atoms with E-state index >= 15 is 0 Å². The summed E-state index contributed by atoms with van der Waals surface area (Å²) in [6, 6.07) is 10.4. The topological polar surface area (TPSA) is 56.7 Å². The van der Waals surface area contributed by atoms with Crippen molar-refractivity contribution in [1.82, 2.24) is 14.9 Å². The second-order valence-corrected chi connectivity index (χ2v) is 4.17. The Balaban J connectivity index is 1.83. The van der Waals surface area contributed by atoms with E-state index in [-0.39, 0.29) is 0 Å². The molecule has 0 unspecified atom stereocenters. The fraction of sp³-hybridized carbons (Fsp3) is 0.200. The van der Waals surface area contributed by atoms with Crippen LogP contribution in [0.15, 0.2) is 41.8 Å². The third-order valence-electron chi connectivity index (χ3n) is 2.00. The van der Waals surface area contributed by atoms with Gasteiger partial charge in [-0.3, -0.25) is 0 Å². The van der Waals surface area contributed by atoms with Crippen molar-refractivity contribution in [2.24, 2.45) is 0 Å². The van der Waals surface area contributed by atoms with Crippen LogP contribution >= 0.6 is 11.8 Å². The Hall–Kier alpha value is -1.49. The van der Waals surface area contributed by atoms with Crippen molar-refractivity contribution in [3.05, 3.63) is 42.2 Å². The van der Waals surface area contributed by atoms with E-state index in [1.54, 1.807) is 11.8 Å². The van der Waals surface area contributed by atoms with Crippen molar-refractivity contribution in [2.75, 3.05) is 11.6 Å². The summed E-state index contributed by atoms with van der Waals surface area (Å²) < 4.78 is 1.44. The molecule has 1 heterocycles. The molecular formula is C10H12N4S. The molecule has 5 heteroatoms. The van der Waals surface area contributed by atoms with Crippen molar-refractivity contribution in [3.8, 4) is 0 Å². The molecule has 0 radical (unpaired) electrons. The van der Waals surface area contributed by atoms with Crippen LogP contribution in [0.3, 0.4) is 0 Å². The zero-order valence-corrected chi connectivity index (χ0v) is 9.02. The number of nitrogen functional groups attached to an aromatic ring is 1. The standard InChI is InChI=1S/C10H12N4S/c11-14-8-12-13-10(14)15-7-6-9-4-2-1-3-5-9/h1-5,8H,6-7,11H2. The van der Waals surface area contributed by atoms with E-state index in [0.717, 1.165) is 17.3 Å². The molecule has 0 spiro atoms. The molecule has 2 rings (SSSR count). The summed E-state index contributed by atoms with van der Waals surface area (Å²) >= 11 is 1.61. The van der Waals surface area contributed by atoms with Gasteiger partial charge in [-0.25, -0.2) is 4.68 Å². The minimum absolute atomic E-state index is 0.755. The molecule has 0 saturated carbocycles. The van der Waals surface area contributed by atoms with Gasteiger partial charge in [0, 0.05) is 5.75 Å². The molecule has 0 aliphatic carbocycles. The Labute approximate surface area is 92.5 Å². The number of nitrogens with zero attached hydrogens (tertiary/aromatic N) is 3. The van der Waals surface area contributed by atoms with Crippen molar-refractivity contribution in [1.29, 1.82) is 0 Å². The van der Waals surface area contributed by atoms with E-state index in [1.807, 2.05) is 18.2 Å². The number of aryl methyl sites for hydroxylation is 1. The van der Waals surface area contributed by atoms with Crippen molar-refractivity contribution in [3.63, 3.8) is 0 Å². The van der Waals surface area contributed by atoms with Crippen molar-refractivity contribution < 1.29 is 0 Å². The highest BCUT2D eigenvalue weighted by Crippen LogP contribution is 2.14. The number of benzene rings is 1. The molecule has 2 N–H and O–H groups in total. The fourth-order valence-electron chi connectivity index (χ4n) is 1.24. The smallest absolute Gasteiger partial charge is 0.209 e. The molecular weight excluding hydrogens is 208 g/mol. The van der Waals surface area contributed by atoms with E-state index in [2.05, 4.69) is 22.3 Å². The lowest BCUT2D eigenvalue weighted by molar-refractivity contribution is 0.845. The van der Waals surface area contributed by atoms with Gasteiger partial charge in [0.05, 0.1) is 0 Å². The van der Waals surface area contributed by atoms with E-state index in [9.17, 15) is 0 Å². The van der Waals surface area contributed by atoms with Gasteiger partial charge in [0.15, 0.2) is 0 Å². The van der Waals surface area contributed by atoms with Gasteiger partial charge in [0.2, 0.25) is 5.16 Å². The zero-order chi connectivity index (χ0) is 10.5. The first-order valence-electron chi connectivity index (χ1n) is 4.68. The molecule has 1 aromatic heterocycles. The largest absolute Gasteiger partial charge is 0.336 e. The van der Waals surface area contributed by atoms with E-state index < -0.39 is 0 Å². The number of hydrogen-bond donors (Lipinski definition) is 1. The lowest BCUT2D eigenvalue weighted by atomic mass is 10.2. The molecule has 0 aliphatic rings. The predicted molar refractivity (Wildman–Crippen MR) is 61.0 cm³/mol. The minimum atomic E-state index is 0.755. The van der Waals surface area contributed by atoms with Gasteiger partial charge in [-0.05, 0) is 12.0 Å².